The third kappa shape index (κ3) is 4.53. The van der Waals surface area contributed by atoms with Crippen LogP contribution in [0.5, 0.6) is 0 Å². The maximum absolute atomic E-state index is 12.1. The van der Waals surface area contributed by atoms with Crippen LogP contribution in [0.25, 0.3) is 11.4 Å². The van der Waals surface area contributed by atoms with E-state index in [9.17, 15) is 10.1 Å². The van der Waals surface area contributed by atoms with Crippen LogP contribution in [0.15, 0.2) is 28.8 Å². The fourth-order valence-electron chi connectivity index (χ4n) is 2.58. The quantitative estimate of drug-likeness (QED) is 0.832. The van der Waals surface area contributed by atoms with Gasteiger partial charge in [0.15, 0.2) is 0 Å². The van der Waals surface area contributed by atoms with Gasteiger partial charge in [-0.05, 0) is 42.9 Å². The zero-order valence-electron chi connectivity index (χ0n) is 13.5. The first-order chi connectivity index (χ1) is 12.1. The average Bonchev–Trinajstić information content (AvgIpc) is 3.26. The van der Waals surface area contributed by atoms with Crippen molar-refractivity contribution >= 4 is 29.3 Å². The van der Waals surface area contributed by atoms with Gasteiger partial charge in [-0.15, -0.1) is 0 Å². The van der Waals surface area contributed by atoms with Gasteiger partial charge in [-0.25, -0.2) is 0 Å². The summed E-state index contributed by atoms with van der Waals surface area (Å²) in [5, 5.41) is 16.7. The van der Waals surface area contributed by atoms with E-state index in [1.807, 2.05) is 12.1 Å². The molecule has 1 aromatic heterocycles. The van der Waals surface area contributed by atoms with Crippen molar-refractivity contribution in [3.63, 3.8) is 0 Å². The Hall–Kier alpha value is -2.04. The third-order valence-corrected chi connectivity index (χ3v) is 5.42. The highest BCUT2D eigenvalue weighted by Gasteiger charge is 2.35. The van der Waals surface area contributed by atoms with Gasteiger partial charge >= 0.3 is 0 Å². The molecule has 1 saturated heterocycles. The Kier molecular flexibility index (Phi) is 5.61. The van der Waals surface area contributed by atoms with Crippen LogP contribution in [-0.4, -0.2) is 33.1 Å². The Morgan fingerprint density at radius 2 is 2.24 bits per heavy atom. The first-order valence-corrected chi connectivity index (χ1v) is 9.52. The number of nitrogens with zero attached hydrogens (tertiary/aromatic N) is 3. The number of aromatic nitrogens is 2. The van der Waals surface area contributed by atoms with E-state index in [1.165, 1.54) is 0 Å². The number of benzene rings is 1. The summed E-state index contributed by atoms with van der Waals surface area (Å²) >= 11 is 7.55. The number of halogens is 1. The lowest BCUT2D eigenvalue weighted by molar-refractivity contribution is -0.122. The summed E-state index contributed by atoms with van der Waals surface area (Å²) in [7, 11) is 0. The van der Waals surface area contributed by atoms with E-state index in [1.54, 1.807) is 23.9 Å². The second-order valence-corrected chi connectivity index (χ2v) is 7.46. The number of hydrogen-bond donors (Lipinski definition) is 1. The lowest BCUT2D eigenvalue weighted by Crippen LogP contribution is -2.47. The van der Waals surface area contributed by atoms with Crippen molar-refractivity contribution in [3.8, 4) is 17.5 Å². The van der Waals surface area contributed by atoms with Crippen molar-refractivity contribution in [2.24, 2.45) is 0 Å². The van der Waals surface area contributed by atoms with Gasteiger partial charge in [-0.1, -0.05) is 16.8 Å². The summed E-state index contributed by atoms with van der Waals surface area (Å²) < 4.78 is 5.22. The van der Waals surface area contributed by atoms with Gasteiger partial charge in [0.05, 0.1) is 6.07 Å². The lowest BCUT2D eigenvalue weighted by Gasteiger charge is -2.20. The molecule has 1 fully saturated rings. The van der Waals surface area contributed by atoms with Crippen molar-refractivity contribution < 1.29 is 9.32 Å². The largest absolute Gasteiger partial charge is 0.339 e. The first-order valence-electron chi connectivity index (χ1n) is 7.99. The molecule has 0 spiro atoms. The topological polar surface area (TPSA) is 91.8 Å². The van der Waals surface area contributed by atoms with Crippen molar-refractivity contribution in [3.05, 3.63) is 35.2 Å². The maximum Gasteiger partial charge on any atom is 0.226 e. The Morgan fingerprint density at radius 3 is 2.92 bits per heavy atom. The van der Waals surface area contributed by atoms with Crippen molar-refractivity contribution in [1.29, 1.82) is 5.26 Å². The second kappa shape index (κ2) is 7.89. The number of thioether (sulfide) groups is 1. The zero-order valence-corrected chi connectivity index (χ0v) is 15.1. The molecule has 2 aromatic rings. The fourth-order valence-corrected chi connectivity index (χ4v) is 3.97. The molecule has 6 nitrogen and oxygen atoms in total. The van der Waals surface area contributed by atoms with Crippen LogP contribution < -0.4 is 5.32 Å². The van der Waals surface area contributed by atoms with E-state index in [0.29, 0.717) is 48.2 Å². The summed E-state index contributed by atoms with van der Waals surface area (Å²) in [4.78, 5) is 16.4. The van der Waals surface area contributed by atoms with Gasteiger partial charge in [-0.3, -0.25) is 4.79 Å². The highest BCUT2D eigenvalue weighted by Crippen LogP contribution is 2.27. The molecule has 1 aliphatic heterocycles. The molecule has 1 atom stereocenters. The lowest BCUT2D eigenvalue weighted by atomic mass is 10.0. The van der Waals surface area contributed by atoms with Gasteiger partial charge in [0.1, 0.15) is 5.54 Å². The van der Waals surface area contributed by atoms with Gasteiger partial charge in [0.25, 0.3) is 0 Å². The molecule has 3 rings (SSSR count). The van der Waals surface area contributed by atoms with Crippen LogP contribution >= 0.6 is 23.4 Å². The summed E-state index contributed by atoms with van der Waals surface area (Å²) in [5.74, 6) is 2.44. The van der Waals surface area contributed by atoms with Crippen LogP contribution in [0.2, 0.25) is 5.02 Å². The molecule has 1 aliphatic rings. The molecule has 25 heavy (non-hydrogen) atoms. The SMILES string of the molecule is N#CC1(NC(=O)CCCc2nc(-c3ccc(Cl)cc3)no2)CCSC1. The molecule has 0 radical (unpaired) electrons. The van der Waals surface area contributed by atoms with E-state index >= 15 is 0 Å². The molecule has 0 bridgehead atoms. The van der Waals surface area contributed by atoms with E-state index in [2.05, 4.69) is 21.5 Å². The van der Waals surface area contributed by atoms with Gasteiger partial charge in [0.2, 0.25) is 17.6 Å². The Balaban J connectivity index is 1.48. The van der Waals surface area contributed by atoms with Crippen LogP contribution in [0.1, 0.15) is 25.2 Å². The predicted molar refractivity (Wildman–Crippen MR) is 96.1 cm³/mol. The van der Waals surface area contributed by atoms with Crippen molar-refractivity contribution in [2.45, 2.75) is 31.2 Å². The van der Waals surface area contributed by atoms with Crippen LogP contribution in [0.4, 0.5) is 0 Å². The van der Waals surface area contributed by atoms with E-state index in [0.717, 1.165) is 11.3 Å². The Labute approximate surface area is 154 Å². The maximum atomic E-state index is 12.1. The number of amides is 1. The molecular weight excluding hydrogens is 360 g/mol. The number of carbonyl (C=O) groups excluding carboxylic acids is 1. The summed E-state index contributed by atoms with van der Waals surface area (Å²) in [6.45, 7) is 0. The van der Waals surface area contributed by atoms with E-state index in [4.69, 9.17) is 16.1 Å². The summed E-state index contributed by atoms with van der Waals surface area (Å²) in [6.07, 6.45) is 2.13. The van der Waals surface area contributed by atoms with Crippen LogP contribution in [0, 0.1) is 11.3 Å². The molecular formula is C17H17ClN4O2S. The highest BCUT2D eigenvalue weighted by molar-refractivity contribution is 7.99. The van der Waals surface area contributed by atoms with Gasteiger partial charge in [-0.2, -0.15) is 22.0 Å². The standard InChI is InChI=1S/C17H17ClN4O2S/c18-13-6-4-12(5-7-13)16-20-15(24-22-16)3-1-2-14(23)21-17(10-19)8-9-25-11-17/h4-7H,1-3,8-9,11H2,(H,21,23). The zero-order chi connectivity index (χ0) is 17.7. The number of nitrogens with one attached hydrogen (secondary N) is 1. The minimum Gasteiger partial charge on any atom is -0.339 e. The molecule has 2 heterocycles. The minimum atomic E-state index is -0.700. The summed E-state index contributed by atoms with van der Waals surface area (Å²) in [6, 6.07) is 9.42. The minimum absolute atomic E-state index is 0.110. The Bertz CT molecular complexity index is 779. The Morgan fingerprint density at radius 1 is 1.44 bits per heavy atom. The summed E-state index contributed by atoms with van der Waals surface area (Å²) in [5.41, 5.74) is 0.125. The van der Waals surface area contributed by atoms with Crippen LogP contribution in [0.3, 0.4) is 0 Å². The normalized spacial score (nSPS) is 19.5. The fraction of sp³-hybridized carbons (Fsp3) is 0.412. The molecule has 1 aromatic carbocycles. The monoisotopic (exact) mass is 376 g/mol. The second-order valence-electron chi connectivity index (χ2n) is 5.92. The molecule has 1 N–H and O–H groups in total. The average molecular weight is 377 g/mol. The molecule has 130 valence electrons. The highest BCUT2D eigenvalue weighted by atomic mass is 35.5. The number of hydrogen-bond acceptors (Lipinski definition) is 6. The van der Waals surface area contributed by atoms with Gasteiger partial charge in [0, 0.05) is 29.2 Å². The molecule has 1 amide bonds. The van der Waals surface area contributed by atoms with E-state index in [-0.39, 0.29) is 5.91 Å². The molecule has 8 heteroatoms. The molecule has 0 saturated carbocycles. The smallest absolute Gasteiger partial charge is 0.226 e. The molecule has 0 aliphatic carbocycles. The third-order valence-electron chi connectivity index (χ3n) is 3.98. The van der Waals surface area contributed by atoms with Crippen molar-refractivity contribution in [2.75, 3.05) is 11.5 Å². The number of nitriles is 1. The number of carbonyl (C=O) groups is 1. The van der Waals surface area contributed by atoms with Crippen LogP contribution in [-0.2, 0) is 11.2 Å². The first kappa shape index (κ1) is 17.8. The molecule has 1 unspecified atom stereocenters. The predicted octanol–water partition coefficient (Wildman–Crippen LogP) is 3.23. The number of rotatable bonds is 6. The number of aryl methyl sites for hydroxylation is 1. The van der Waals surface area contributed by atoms with Crippen molar-refractivity contribution in [1.82, 2.24) is 15.5 Å². The van der Waals surface area contributed by atoms with E-state index < -0.39 is 5.54 Å². The van der Waals surface area contributed by atoms with Gasteiger partial charge < -0.3 is 9.84 Å².